The lowest BCUT2D eigenvalue weighted by Gasteiger charge is -2.19. The third-order valence-electron chi connectivity index (χ3n) is 3.55. The summed E-state index contributed by atoms with van der Waals surface area (Å²) in [6.07, 6.45) is 10.5. The fraction of sp³-hybridized carbons (Fsp3) is 0.471. The van der Waals surface area contributed by atoms with Crippen molar-refractivity contribution < 1.29 is 9.84 Å². The van der Waals surface area contributed by atoms with Crippen molar-refractivity contribution in [2.45, 2.75) is 45.3 Å². The van der Waals surface area contributed by atoms with Crippen LogP contribution in [0.4, 0.5) is 5.82 Å². The van der Waals surface area contributed by atoms with Gasteiger partial charge in [0.2, 0.25) is 0 Å². The van der Waals surface area contributed by atoms with E-state index >= 15 is 0 Å². The summed E-state index contributed by atoms with van der Waals surface area (Å²) in [5.74, 6) is 1.28. The van der Waals surface area contributed by atoms with Crippen molar-refractivity contribution in [3.05, 3.63) is 42.6 Å². The second-order valence-corrected chi connectivity index (χ2v) is 5.38. The highest BCUT2D eigenvalue weighted by atomic mass is 16.5. The molecule has 0 aliphatic rings. The molecule has 2 heterocycles. The van der Waals surface area contributed by atoms with Crippen LogP contribution in [0.15, 0.2) is 37.1 Å². The van der Waals surface area contributed by atoms with Crippen LogP contribution >= 0.6 is 0 Å². The number of nitrogens with one attached hydrogen (secondary N) is 1. The maximum Gasteiger partial charge on any atom is 0.180 e. The van der Waals surface area contributed by atoms with Gasteiger partial charge in [-0.15, -0.1) is 0 Å². The van der Waals surface area contributed by atoms with E-state index in [1.807, 2.05) is 12.1 Å². The summed E-state index contributed by atoms with van der Waals surface area (Å²) >= 11 is 0. The predicted octanol–water partition coefficient (Wildman–Crippen LogP) is 2.80. The van der Waals surface area contributed by atoms with Gasteiger partial charge in [0.05, 0.1) is 6.20 Å². The largest absolute Gasteiger partial charge is 0.483 e. The predicted molar refractivity (Wildman–Crippen MR) is 89.2 cm³/mol. The third kappa shape index (κ3) is 5.83. The first kappa shape index (κ1) is 17.1. The van der Waals surface area contributed by atoms with Crippen LogP contribution in [0.1, 0.15) is 38.2 Å². The van der Waals surface area contributed by atoms with Gasteiger partial charge in [-0.2, -0.15) is 0 Å². The van der Waals surface area contributed by atoms with Gasteiger partial charge in [0, 0.05) is 25.0 Å². The Morgan fingerprint density at radius 1 is 1.22 bits per heavy atom. The molecule has 1 unspecified atom stereocenters. The maximum atomic E-state index is 9.23. The van der Waals surface area contributed by atoms with E-state index in [4.69, 9.17) is 4.74 Å². The van der Waals surface area contributed by atoms with Crippen molar-refractivity contribution in [2.24, 2.45) is 0 Å². The van der Waals surface area contributed by atoms with Gasteiger partial charge >= 0.3 is 0 Å². The third-order valence-corrected chi connectivity index (χ3v) is 3.55. The van der Waals surface area contributed by atoms with Crippen molar-refractivity contribution >= 4 is 5.82 Å². The fourth-order valence-electron chi connectivity index (χ4n) is 2.26. The lowest BCUT2D eigenvalue weighted by molar-refractivity contribution is 0.275. The molecule has 0 fully saturated rings. The zero-order valence-corrected chi connectivity index (χ0v) is 13.5. The van der Waals surface area contributed by atoms with Crippen molar-refractivity contribution in [2.75, 3.05) is 11.9 Å². The Morgan fingerprint density at radius 2 is 2.04 bits per heavy atom. The minimum atomic E-state index is 0.152. The van der Waals surface area contributed by atoms with Crippen LogP contribution in [-0.2, 0) is 6.61 Å². The van der Waals surface area contributed by atoms with E-state index in [1.165, 1.54) is 6.33 Å². The van der Waals surface area contributed by atoms with Crippen LogP contribution in [-0.4, -0.2) is 32.7 Å². The molecule has 23 heavy (non-hydrogen) atoms. The number of aromatic nitrogens is 3. The number of unbranched alkanes of at least 4 members (excludes halogenated alkanes) is 1. The van der Waals surface area contributed by atoms with E-state index in [-0.39, 0.29) is 12.6 Å². The number of anilines is 1. The van der Waals surface area contributed by atoms with Crippen LogP contribution in [0.5, 0.6) is 5.75 Å². The van der Waals surface area contributed by atoms with E-state index in [0.29, 0.717) is 24.6 Å². The number of rotatable bonds is 10. The molecular weight excluding hydrogens is 292 g/mol. The summed E-state index contributed by atoms with van der Waals surface area (Å²) in [6, 6.07) is 4.00. The average Bonchev–Trinajstić information content (AvgIpc) is 2.60. The Labute approximate surface area is 137 Å². The standard InChI is InChI=1S/C17H24N4O2/c1-2-3-4-15(7-10-22)21-17-16(11-19-13-20-17)23-12-14-5-8-18-9-6-14/h5-6,8-9,11,13,15,22H,2-4,7,10,12H2,1H3,(H,19,20,21). The molecule has 0 amide bonds. The Kier molecular flexibility index (Phi) is 7.26. The van der Waals surface area contributed by atoms with E-state index in [2.05, 4.69) is 27.2 Å². The van der Waals surface area contributed by atoms with Crippen molar-refractivity contribution in [1.29, 1.82) is 0 Å². The molecule has 6 heteroatoms. The van der Waals surface area contributed by atoms with Crippen molar-refractivity contribution in [3.8, 4) is 5.75 Å². The average molecular weight is 316 g/mol. The quantitative estimate of drug-likeness (QED) is 0.701. The van der Waals surface area contributed by atoms with Gasteiger partial charge in [0.1, 0.15) is 12.9 Å². The number of hydrogen-bond donors (Lipinski definition) is 2. The number of aliphatic hydroxyl groups is 1. The molecule has 2 N–H and O–H groups in total. The zero-order chi connectivity index (χ0) is 16.3. The Morgan fingerprint density at radius 3 is 2.78 bits per heavy atom. The van der Waals surface area contributed by atoms with Gasteiger partial charge in [-0.1, -0.05) is 19.8 Å². The summed E-state index contributed by atoms with van der Waals surface area (Å²) in [5.41, 5.74) is 1.03. The van der Waals surface area contributed by atoms with Gasteiger partial charge in [0.15, 0.2) is 11.6 Å². The second kappa shape index (κ2) is 9.74. The number of ether oxygens (including phenoxy) is 1. The first-order chi connectivity index (χ1) is 11.3. The van der Waals surface area contributed by atoms with Gasteiger partial charge < -0.3 is 15.2 Å². The zero-order valence-electron chi connectivity index (χ0n) is 13.5. The lowest BCUT2D eigenvalue weighted by Crippen LogP contribution is -2.22. The highest BCUT2D eigenvalue weighted by molar-refractivity contribution is 5.48. The van der Waals surface area contributed by atoms with Crippen LogP contribution in [0.3, 0.4) is 0 Å². The molecule has 6 nitrogen and oxygen atoms in total. The number of nitrogens with zero attached hydrogens (tertiary/aromatic N) is 3. The molecule has 2 rings (SSSR count). The normalized spacial score (nSPS) is 11.9. The molecule has 0 bridgehead atoms. The first-order valence-corrected chi connectivity index (χ1v) is 8.02. The molecule has 0 saturated heterocycles. The molecule has 2 aromatic rings. The minimum absolute atomic E-state index is 0.152. The van der Waals surface area contributed by atoms with E-state index in [0.717, 1.165) is 24.8 Å². The Hall–Kier alpha value is -2.21. The van der Waals surface area contributed by atoms with Crippen molar-refractivity contribution in [1.82, 2.24) is 15.0 Å². The second-order valence-electron chi connectivity index (χ2n) is 5.38. The number of aliphatic hydroxyl groups excluding tert-OH is 1. The van der Waals surface area contributed by atoms with E-state index < -0.39 is 0 Å². The van der Waals surface area contributed by atoms with E-state index in [1.54, 1.807) is 18.6 Å². The van der Waals surface area contributed by atoms with Crippen molar-refractivity contribution in [3.63, 3.8) is 0 Å². The summed E-state index contributed by atoms with van der Waals surface area (Å²) < 4.78 is 5.83. The molecule has 2 aromatic heterocycles. The lowest BCUT2D eigenvalue weighted by atomic mass is 10.1. The Balaban J connectivity index is 2.00. The molecular formula is C17H24N4O2. The maximum absolute atomic E-state index is 9.23. The molecule has 124 valence electrons. The fourth-order valence-corrected chi connectivity index (χ4v) is 2.26. The highest BCUT2D eigenvalue weighted by Gasteiger charge is 2.12. The molecule has 0 aromatic carbocycles. The smallest absolute Gasteiger partial charge is 0.180 e. The van der Waals surface area contributed by atoms with Crippen LogP contribution in [0.2, 0.25) is 0 Å². The number of hydrogen-bond acceptors (Lipinski definition) is 6. The number of pyridine rings is 1. The first-order valence-electron chi connectivity index (χ1n) is 8.02. The van der Waals surface area contributed by atoms with Crippen LogP contribution in [0, 0.1) is 0 Å². The SMILES string of the molecule is CCCCC(CCO)Nc1ncncc1OCc1ccncc1. The van der Waals surface area contributed by atoms with Gasteiger partial charge in [-0.25, -0.2) is 9.97 Å². The summed E-state index contributed by atoms with van der Waals surface area (Å²) in [7, 11) is 0. The molecule has 1 atom stereocenters. The Bertz CT molecular complexity index is 566. The summed E-state index contributed by atoms with van der Waals surface area (Å²) in [4.78, 5) is 12.3. The highest BCUT2D eigenvalue weighted by Crippen LogP contribution is 2.23. The molecule has 0 aliphatic carbocycles. The summed E-state index contributed by atoms with van der Waals surface area (Å²) in [6.45, 7) is 2.74. The monoisotopic (exact) mass is 316 g/mol. The summed E-state index contributed by atoms with van der Waals surface area (Å²) in [5, 5.41) is 12.6. The molecule has 0 radical (unpaired) electrons. The topological polar surface area (TPSA) is 80.2 Å². The molecule has 0 saturated carbocycles. The molecule has 0 aliphatic heterocycles. The van der Waals surface area contributed by atoms with Gasteiger partial charge in [-0.05, 0) is 30.5 Å². The van der Waals surface area contributed by atoms with E-state index in [9.17, 15) is 5.11 Å². The minimum Gasteiger partial charge on any atom is -0.483 e. The van der Waals surface area contributed by atoms with Gasteiger partial charge in [0.25, 0.3) is 0 Å². The van der Waals surface area contributed by atoms with Crippen LogP contribution in [0.25, 0.3) is 0 Å². The van der Waals surface area contributed by atoms with Gasteiger partial charge in [-0.3, -0.25) is 4.98 Å². The van der Waals surface area contributed by atoms with Crippen LogP contribution < -0.4 is 10.1 Å². The molecule has 0 spiro atoms.